The van der Waals surface area contributed by atoms with Crippen LogP contribution < -0.4 is 5.73 Å². The van der Waals surface area contributed by atoms with E-state index in [1.807, 2.05) is 0 Å². The molecule has 1 nitrogen and oxygen atoms in total. The highest BCUT2D eigenvalue weighted by atomic mass is 14.6. The van der Waals surface area contributed by atoms with Crippen LogP contribution in [0.1, 0.15) is 38.3 Å². The minimum atomic E-state index is 0.182. The van der Waals surface area contributed by atoms with Crippen LogP contribution >= 0.6 is 0 Å². The molecule has 0 unspecified atom stereocenters. The van der Waals surface area contributed by atoms with Crippen molar-refractivity contribution in [1.29, 1.82) is 0 Å². The Kier molecular flexibility index (Phi) is 3.33. The van der Waals surface area contributed by atoms with Crippen molar-refractivity contribution in [2.75, 3.05) is 0 Å². The molecule has 1 aromatic rings. The van der Waals surface area contributed by atoms with Gasteiger partial charge in [-0.25, -0.2) is 0 Å². The zero-order valence-electron chi connectivity index (χ0n) is 9.67. The zero-order valence-corrected chi connectivity index (χ0v) is 9.67. The van der Waals surface area contributed by atoms with Crippen molar-refractivity contribution >= 4 is 0 Å². The smallest absolute Gasteiger partial charge is 0.00187 e. The normalized spacial score (nSPS) is 14.1. The standard InChI is InChI=1S/C13H21N/c1-10-5-7-12(8-6-10)13(3,4)9-11(2)14/h5-8,11H,9,14H2,1-4H3/t11-/m0/s1. The second-order valence-electron chi connectivity index (χ2n) is 4.93. The molecule has 78 valence electrons. The Morgan fingerprint density at radius 1 is 1.21 bits per heavy atom. The third kappa shape index (κ3) is 2.85. The molecule has 0 fully saturated rings. The molecule has 0 bridgehead atoms. The molecule has 0 spiro atoms. The Morgan fingerprint density at radius 2 is 1.71 bits per heavy atom. The first-order valence-electron chi connectivity index (χ1n) is 5.24. The third-order valence-electron chi connectivity index (χ3n) is 2.67. The lowest BCUT2D eigenvalue weighted by Crippen LogP contribution is -2.28. The van der Waals surface area contributed by atoms with Crippen LogP contribution in [0.5, 0.6) is 0 Å². The fourth-order valence-corrected chi connectivity index (χ4v) is 1.93. The van der Waals surface area contributed by atoms with Crippen LogP contribution in [0, 0.1) is 6.92 Å². The van der Waals surface area contributed by atoms with E-state index < -0.39 is 0 Å². The Balaban J connectivity index is 2.86. The van der Waals surface area contributed by atoms with E-state index in [0.29, 0.717) is 0 Å². The topological polar surface area (TPSA) is 26.0 Å². The van der Waals surface area contributed by atoms with Crippen LogP contribution in [-0.2, 0) is 5.41 Å². The van der Waals surface area contributed by atoms with Gasteiger partial charge in [-0.2, -0.15) is 0 Å². The molecule has 2 N–H and O–H groups in total. The van der Waals surface area contributed by atoms with Gasteiger partial charge in [0.05, 0.1) is 0 Å². The Bertz CT molecular complexity index is 283. The first-order chi connectivity index (χ1) is 6.42. The van der Waals surface area contributed by atoms with Gasteiger partial charge in [0.15, 0.2) is 0 Å². The SMILES string of the molecule is Cc1ccc(C(C)(C)C[C@H](C)N)cc1. The van der Waals surface area contributed by atoms with Crippen molar-refractivity contribution in [2.24, 2.45) is 5.73 Å². The number of hydrogen-bond donors (Lipinski definition) is 1. The predicted octanol–water partition coefficient (Wildman–Crippen LogP) is 3.01. The summed E-state index contributed by atoms with van der Waals surface area (Å²) < 4.78 is 0. The van der Waals surface area contributed by atoms with Crippen LogP contribution in [0.2, 0.25) is 0 Å². The predicted molar refractivity (Wildman–Crippen MR) is 62.5 cm³/mol. The van der Waals surface area contributed by atoms with Gasteiger partial charge in [-0.1, -0.05) is 43.7 Å². The van der Waals surface area contributed by atoms with Gasteiger partial charge in [0.2, 0.25) is 0 Å². The van der Waals surface area contributed by atoms with Gasteiger partial charge in [-0.05, 0) is 31.2 Å². The molecule has 0 aliphatic heterocycles. The number of hydrogen-bond acceptors (Lipinski definition) is 1. The summed E-state index contributed by atoms with van der Waals surface area (Å²) in [6.45, 7) is 8.68. The summed E-state index contributed by atoms with van der Waals surface area (Å²) in [6, 6.07) is 9.00. The van der Waals surface area contributed by atoms with Gasteiger partial charge in [-0.15, -0.1) is 0 Å². The van der Waals surface area contributed by atoms with E-state index in [9.17, 15) is 0 Å². The quantitative estimate of drug-likeness (QED) is 0.781. The molecule has 0 heterocycles. The zero-order chi connectivity index (χ0) is 10.8. The molecule has 1 aromatic carbocycles. The molecule has 0 radical (unpaired) electrons. The largest absolute Gasteiger partial charge is 0.328 e. The van der Waals surface area contributed by atoms with E-state index in [2.05, 4.69) is 52.0 Å². The van der Waals surface area contributed by atoms with Gasteiger partial charge in [0.25, 0.3) is 0 Å². The van der Waals surface area contributed by atoms with Crippen LogP contribution in [-0.4, -0.2) is 6.04 Å². The molecule has 1 rings (SSSR count). The number of benzene rings is 1. The maximum absolute atomic E-state index is 5.85. The Hall–Kier alpha value is -0.820. The molecule has 14 heavy (non-hydrogen) atoms. The van der Waals surface area contributed by atoms with Gasteiger partial charge in [-0.3, -0.25) is 0 Å². The molecule has 1 atom stereocenters. The maximum Gasteiger partial charge on any atom is 0.00187 e. The second-order valence-corrected chi connectivity index (χ2v) is 4.93. The van der Waals surface area contributed by atoms with Crippen LogP contribution in [0.4, 0.5) is 0 Å². The maximum atomic E-state index is 5.85. The summed E-state index contributed by atoms with van der Waals surface area (Å²) >= 11 is 0. The lowest BCUT2D eigenvalue weighted by molar-refractivity contribution is 0.437. The van der Waals surface area contributed by atoms with E-state index in [-0.39, 0.29) is 11.5 Å². The molecular formula is C13H21N. The third-order valence-corrected chi connectivity index (χ3v) is 2.67. The van der Waals surface area contributed by atoms with Crippen molar-refractivity contribution in [3.8, 4) is 0 Å². The Morgan fingerprint density at radius 3 is 2.14 bits per heavy atom. The lowest BCUT2D eigenvalue weighted by Gasteiger charge is -2.27. The van der Waals surface area contributed by atoms with Crippen LogP contribution in [0.3, 0.4) is 0 Å². The molecular weight excluding hydrogens is 170 g/mol. The van der Waals surface area contributed by atoms with E-state index in [0.717, 1.165) is 6.42 Å². The van der Waals surface area contributed by atoms with Crippen molar-refractivity contribution in [3.05, 3.63) is 35.4 Å². The highest BCUT2D eigenvalue weighted by Crippen LogP contribution is 2.27. The minimum Gasteiger partial charge on any atom is -0.328 e. The summed E-state index contributed by atoms with van der Waals surface area (Å²) in [6.07, 6.45) is 1.02. The average molecular weight is 191 g/mol. The van der Waals surface area contributed by atoms with Crippen molar-refractivity contribution in [1.82, 2.24) is 0 Å². The molecule has 0 aliphatic carbocycles. The average Bonchev–Trinajstić information content (AvgIpc) is 2.02. The fourth-order valence-electron chi connectivity index (χ4n) is 1.93. The van der Waals surface area contributed by atoms with E-state index >= 15 is 0 Å². The summed E-state index contributed by atoms with van der Waals surface area (Å²) in [5, 5.41) is 0. The van der Waals surface area contributed by atoms with Crippen molar-refractivity contribution in [3.63, 3.8) is 0 Å². The first kappa shape index (κ1) is 11.3. The van der Waals surface area contributed by atoms with Gasteiger partial charge in [0, 0.05) is 6.04 Å². The summed E-state index contributed by atoms with van der Waals surface area (Å²) in [4.78, 5) is 0. The fraction of sp³-hybridized carbons (Fsp3) is 0.538. The number of aryl methyl sites for hydroxylation is 1. The molecule has 1 heteroatoms. The van der Waals surface area contributed by atoms with Gasteiger partial charge < -0.3 is 5.73 Å². The van der Waals surface area contributed by atoms with Crippen molar-refractivity contribution < 1.29 is 0 Å². The molecule has 0 amide bonds. The highest BCUT2D eigenvalue weighted by molar-refractivity contribution is 5.27. The molecule has 0 aliphatic rings. The molecule has 0 saturated heterocycles. The highest BCUT2D eigenvalue weighted by Gasteiger charge is 2.21. The monoisotopic (exact) mass is 191 g/mol. The summed E-state index contributed by atoms with van der Waals surface area (Å²) in [7, 11) is 0. The molecule has 0 saturated carbocycles. The number of nitrogens with two attached hydrogens (primary N) is 1. The molecule has 0 aromatic heterocycles. The van der Waals surface area contributed by atoms with E-state index in [1.165, 1.54) is 11.1 Å². The lowest BCUT2D eigenvalue weighted by atomic mass is 9.79. The summed E-state index contributed by atoms with van der Waals surface area (Å²) in [5.74, 6) is 0. The first-order valence-corrected chi connectivity index (χ1v) is 5.24. The van der Waals surface area contributed by atoms with Crippen molar-refractivity contribution in [2.45, 2.75) is 45.6 Å². The second kappa shape index (κ2) is 4.14. The van der Waals surface area contributed by atoms with Crippen LogP contribution in [0.25, 0.3) is 0 Å². The minimum absolute atomic E-state index is 0.182. The Labute approximate surface area is 87.3 Å². The van der Waals surface area contributed by atoms with E-state index in [4.69, 9.17) is 5.73 Å². The van der Waals surface area contributed by atoms with Crippen LogP contribution in [0.15, 0.2) is 24.3 Å². The summed E-state index contributed by atoms with van der Waals surface area (Å²) in [5.41, 5.74) is 8.71. The van der Waals surface area contributed by atoms with Gasteiger partial charge in [0.1, 0.15) is 0 Å². The number of rotatable bonds is 3. The van der Waals surface area contributed by atoms with E-state index in [1.54, 1.807) is 0 Å². The van der Waals surface area contributed by atoms with Gasteiger partial charge >= 0.3 is 0 Å².